The molecule has 5 heteroatoms. The maximum Gasteiger partial charge on any atom is 0.293 e. The molecule has 0 aliphatic rings. The number of aryl methyl sites for hydroxylation is 3. The lowest BCUT2D eigenvalue weighted by Gasteiger charge is -2.03. The third-order valence-electron chi connectivity index (χ3n) is 2.17. The molecule has 0 aliphatic heterocycles. The quantitative estimate of drug-likeness (QED) is 0.860. The van der Waals surface area contributed by atoms with Gasteiger partial charge in [-0.25, -0.2) is 9.97 Å². The van der Waals surface area contributed by atoms with Crippen molar-refractivity contribution in [3.63, 3.8) is 0 Å². The number of nitrogens with one attached hydrogen (secondary N) is 1. The topological polar surface area (TPSA) is 68.0 Å². The molecular formula is C12H13N3O2. The molecule has 0 fully saturated rings. The molecule has 2 heterocycles. The standard InChI is InChI=1S/C12H13N3O2/c1-7-6-8(2)14-12(13-7)15-11(16)10-5-4-9(3)17-10/h4-6H,1-3H3,(H,13,14,15,16). The second-order valence-electron chi connectivity index (χ2n) is 3.84. The van der Waals surface area contributed by atoms with E-state index in [-0.39, 0.29) is 11.7 Å². The highest BCUT2D eigenvalue weighted by Gasteiger charge is 2.11. The number of amides is 1. The molecule has 0 saturated heterocycles. The summed E-state index contributed by atoms with van der Waals surface area (Å²) in [7, 11) is 0. The SMILES string of the molecule is Cc1cc(C)nc(NC(=O)c2ccc(C)o2)n1. The van der Waals surface area contributed by atoms with E-state index in [4.69, 9.17) is 4.42 Å². The molecule has 2 aromatic rings. The van der Waals surface area contributed by atoms with Gasteiger partial charge in [-0.1, -0.05) is 0 Å². The molecule has 0 aliphatic carbocycles. The Bertz CT molecular complexity index is 540. The number of aromatic nitrogens is 2. The van der Waals surface area contributed by atoms with Crippen molar-refractivity contribution in [2.24, 2.45) is 0 Å². The van der Waals surface area contributed by atoms with Crippen LogP contribution < -0.4 is 5.32 Å². The number of anilines is 1. The van der Waals surface area contributed by atoms with Gasteiger partial charge >= 0.3 is 0 Å². The Hall–Kier alpha value is -2.17. The van der Waals surface area contributed by atoms with Crippen molar-refractivity contribution in [3.8, 4) is 0 Å². The molecule has 0 spiro atoms. The molecule has 1 amide bonds. The van der Waals surface area contributed by atoms with E-state index >= 15 is 0 Å². The van der Waals surface area contributed by atoms with Crippen molar-refractivity contribution in [3.05, 3.63) is 41.1 Å². The van der Waals surface area contributed by atoms with Crippen molar-refractivity contribution in [2.75, 3.05) is 5.32 Å². The molecule has 0 aromatic carbocycles. The molecule has 5 nitrogen and oxygen atoms in total. The highest BCUT2D eigenvalue weighted by atomic mass is 16.3. The van der Waals surface area contributed by atoms with Gasteiger partial charge in [0, 0.05) is 11.4 Å². The summed E-state index contributed by atoms with van der Waals surface area (Å²) >= 11 is 0. The van der Waals surface area contributed by atoms with Gasteiger partial charge in [-0.3, -0.25) is 10.1 Å². The largest absolute Gasteiger partial charge is 0.456 e. The van der Waals surface area contributed by atoms with Crippen molar-refractivity contribution < 1.29 is 9.21 Å². The Morgan fingerprint density at radius 1 is 1.18 bits per heavy atom. The highest BCUT2D eigenvalue weighted by Crippen LogP contribution is 2.09. The summed E-state index contributed by atoms with van der Waals surface area (Å²) in [6.07, 6.45) is 0. The van der Waals surface area contributed by atoms with Crippen LogP contribution in [-0.4, -0.2) is 15.9 Å². The van der Waals surface area contributed by atoms with E-state index in [1.807, 2.05) is 19.9 Å². The average Bonchev–Trinajstić information content (AvgIpc) is 2.63. The van der Waals surface area contributed by atoms with Gasteiger partial charge in [-0.2, -0.15) is 0 Å². The van der Waals surface area contributed by atoms with Crippen molar-refractivity contribution in [1.82, 2.24) is 9.97 Å². The van der Waals surface area contributed by atoms with Crippen LogP contribution in [0.25, 0.3) is 0 Å². The lowest BCUT2D eigenvalue weighted by molar-refractivity contribution is 0.0994. The number of hydrogen-bond acceptors (Lipinski definition) is 4. The van der Waals surface area contributed by atoms with Crippen LogP contribution in [0.3, 0.4) is 0 Å². The van der Waals surface area contributed by atoms with Crippen LogP contribution in [0.2, 0.25) is 0 Å². The molecule has 2 rings (SSSR count). The second kappa shape index (κ2) is 4.37. The fraction of sp³-hybridized carbons (Fsp3) is 0.250. The van der Waals surface area contributed by atoms with Crippen LogP contribution in [-0.2, 0) is 0 Å². The van der Waals surface area contributed by atoms with Crippen LogP contribution in [0.5, 0.6) is 0 Å². The normalized spacial score (nSPS) is 10.3. The van der Waals surface area contributed by atoms with Crippen LogP contribution in [0.15, 0.2) is 22.6 Å². The van der Waals surface area contributed by atoms with Gasteiger partial charge < -0.3 is 4.42 Å². The molecule has 17 heavy (non-hydrogen) atoms. The minimum absolute atomic E-state index is 0.255. The van der Waals surface area contributed by atoms with Crippen molar-refractivity contribution in [2.45, 2.75) is 20.8 Å². The molecule has 0 saturated carbocycles. The maximum absolute atomic E-state index is 11.8. The number of carbonyl (C=O) groups is 1. The van der Waals surface area contributed by atoms with E-state index in [9.17, 15) is 4.79 Å². The Kier molecular flexibility index (Phi) is 2.91. The molecule has 0 atom stereocenters. The number of hydrogen-bond donors (Lipinski definition) is 1. The zero-order valence-electron chi connectivity index (χ0n) is 9.94. The monoisotopic (exact) mass is 231 g/mol. The Morgan fingerprint density at radius 3 is 2.35 bits per heavy atom. The summed E-state index contributed by atoms with van der Waals surface area (Å²) in [6.45, 7) is 5.48. The Balaban J connectivity index is 2.18. The zero-order chi connectivity index (χ0) is 12.4. The fourth-order valence-electron chi connectivity index (χ4n) is 1.50. The van der Waals surface area contributed by atoms with E-state index in [0.717, 1.165) is 11.4 Å². The van der Waals surface area contributed by atoms with Gasteiger partial charge in [0.05, 0.1) is 0 Å². The maximum atomic E-state index is 11.8. The summed E-state index contributed by atoms with van der Waals surface area (Å²) in [5, 5.41) is 2.60. The van der Waals surface area contributed by atoms with Crippen LogP contribution in [0, 0.1) is 20.8 Å². The predicted octanol–water partition coefficient (Wildman–Crippen LogP) is 2.25. The third-order valence-corrected chi connectivity index (χ3v) is 2.17. The fourth-order valence-corrected chi connectivity index (χ4v) is 1.50. The van der Waals surface area contributed by atoms with E-state index < -0.39 is 0 Å². The Morgan fingerprint density at radius 2 is 1.82 bits per heavy atom. The van der Waals surface area contributed by atoms with E-state index in [1.54, 1.807) is 19.1 Å². The molecule has 1 N–H and O–H groups in total. The molecule has 2 aromatic heterocycles. The lowest BCUT2D eigenvalue weighted by Crippen LogP contribution is -2.14. The third kappa shape index (κ3) is 2.69. The summed E-state index contributed by atoms with van der Waals surface area (Å²) in [5.74, 6) is 0.895. The van der Waals surface area contributed by atoms with Crippen LogP contribution >= 0.6 is 0 Å². The molecule has 0 bridgehead atoms. The van der Waals surface area contributed by atoms with Gasteiger partial charge in [-0.15, -0.1) is 0 Å². The van der Waals surface area contributed by atoms with Gasteiger partial charge in [-0.05, 0) is 39.0 Å². The minimum atomic E-state index is -0.344. The summed E-state index contributed by atoms with van der Waals surface area (Å²) < 4.78 is 5.21. The first-order chi connectivity index (χ1) is 8.04. The first-order valence-corrected chi connectivity index (χ1v) is 5.24. The summed E-state index contributed by atoms with van der Waals surface area (Å²) in [5.41, 5.74) is 1.62. The average molecular weight is 231 g/mol. The molecule has 88 valence electrons. The van der Waals surface area contributed by atoms with E-state index in [2.05, 4.69) is 15.3 Å². The van der Waals surface area contributed by atoms with Crippen molar-refractivity contribution in [1.29, 1.82) is 0 Å². The number of nitrogens with zero attached hydrogens (tertiary/aromatic N) is 2. The molecule has 0 radical (unpaired) electrons. The summed E-state index contributed by atoms with van der Waals surface area (Å²) in [4.78, 5) is 20.0. The second-order valence-corrected chi connectivity index (χ2v) is 3.84. The predicted molar refractivity (Wildman–Crippen MR) is 62.9 cm³/mol. The van der Waals surface area contributed by atoms with Crippen LogP contribution in [0.4, 0.5) is 5.95 Å². The first kappa shape index (κ1) is 11.3. The molecular weight excluding hydrogens is 218 g/mol. The highest BCUT2D eigenvalue weighted by molar-refractivity contribution is 6.01. The first-order valence-electron chi connectivity index (χ1n) is 5.24. The minimum Gasteiger partial charge on any atom is -0.456 e. The lowest BCUT2D eigenvalue weighted by atomic mass is 10.3. The van der Waals surface area contributed by atoms with Crippen LogP contribution in [0.1, 0.15) is 27.7 Å². The van der Waals surface area contributed by atoms with Crippen molar-refractivity contribution >= 4 is 11.9 Å². The number of furan rings is 1. The van der Waals surface area contributed by atoms with Gasteiger partial charge in [0.25, 0.3) is 5.91 Å². The van der Waals surface area contributed by atoms with Gasteiger partial charge in [0.2, 0.25) is 5.95 Å². The number of rotatable bonds is 2. The van der Waals surface area contributed by atoms with Gasteiger partial charge in [0.1, 0.15) is 5.76 Å². The smallest absolute Gasteiger partial charge is 0.293 e. The van der Waals surface area contributed by atoms with E-state index in [1.165, 1.54) is 0 Å². The molecule has 0 unspecified atom stereocenters. The van der Waals surface area contributed by atoms with E-state index in [0.29, 0.717) is 11.7 Å². The summed E-state index contributed by atoms with van der Waals surface area (Å²) in [6, 6.07) is 5.19. The Labute approximate surface area is 98.9 Å². The van der Waals surface area contributed by atoms with Gasteiger partial charge in [0.15, 0.2) is 5.76 Å². The number of carbonyl (C=O) groups excluding carboxylic acids is 1. The zero-order valence-corrected chi connectivity index (χ0v) is 9.94.